The van der Waals surface area contributed by atoms with Crippen molar-refractivity contribution < 1.29 is 4.39 Å². The maximum Gasteiger partial charge on any atom is 0.229 e. The normalized spacial score (nSPS) is 16.9. The first-order valence-electron chi connectivity index (χ1n) is 12.6. The number of piperazine rings is 1. The van der Waals surface area contributed by atoms with Crippen molar-refractivity contribution in [1.29, 1.82) is 0 Å². The van der Waals surface area contributed by atoms with Gasteiger partial charge in [-0.25, -0.2) is 9.37 Å². The fraction of sp³-hybridized carbons (Fsp3) is 0.333. The molecule has 2 aromatic carbocycles. The molecule has 0 atom stereocenters. The Balaban J connectivity index is 1.27. The summed E-state index contributed by atoms with van der Waals surface area (Å²) in [6, 6.07) is 13.6. The Morgan fingerprint density at radius 2 is 1.84 bits per heavy atom. The van der Waals surface area contributed by atoms with Crippen LogP contribution in [0.15, 0.2) is 54.9 Å². The lowest BCUT2D eigenvalue weighted by molar-refractivity contribution is 0.311. The fourth-order valence-corrected chi connectivity index (χ4v) is 6.11. The molecule has 0 amide bonds. The molecule has 2 fully saturated rings. The van der Waals surface area contributed by atoms with Gasteiger partial charge in [0, 0.05) is 73.7 Å². The van der Waals surface area contributed by atoms with E-state index in [1.165, 1.54) is 24.6 Å². The van der Waals surface area contributed by atoms with E-state index in [2.05, 4.69) is 55.4 Å². The average Bonchev–Trinajstić information content (AvgIpc) is 3.35. The van der Waals surface area contributed by atoms with Crippen molar-refractivity contribution in [1.82, 2.24) is 19.4 Å². The highest BCUT2D eigenvalue weighted by Crippen LogP contribution is 2.33. The number of fused-ring (bicyclic) bond motifs is 1. The van der Waals surface area contributed by atoms with Crippen molar-refractivity contribution in [3.05, 3.63) is 65.7 Å². The van der Waals surface area contributed by atoms with E-state index < -0.39 is 0 Å². The Morgan fingerprint density at radius 3 is 2.65 bits per heavy atom. The molecule has 0 radical (unpaired) electrons. The van der Waals surface area contributed by atoms with Gasteiger partial charge in [-0.15, -0.1) is 0 Å². The third-order valence-corrected chi connectivity index (χ3v) is 8.44. The molecule has 7 nitrogen and oxygen atoms in total. The number of benzene rings is 2. The van der Waals surface area contributed by atoms with Crippen LogP contribution >= 0.6 is 23.5 Å². The summed E-state index contributed by atoms with van der Waals surface area (Å²) in [6.07, 6.45) is 6.26. The topological polar surface area (TPSA) is 52.5 Å². The van der Waals surface area contributed by atoms with Crippen molar-refractivity contribution in [2.24, 2.45) is 0 Å². The molecule has 192 valence electrons. The third kappa shape index (κ3) is 5.08. The van der Waals surface area contributed by atoms with Crippen LogP contribution in [0.3, 0.4) is 0 Å². The monoisotopic (exact) mass is 537 g/mol. The molecule has 1 N–H and O–H groups in total. The SMILES string of the molecule is CN1CCN(c2cc(Cl)c(Nc3ncc4ccn(-c5cccc(N6CCCCS6)c5)c4n3)cc2F)CC1. The Morgan fingerprint density at radius 1 is 1.00 bits per heavy atom. The van der Waals surface area contributed by atoms with Gasteiger partial charge in [0.1, 0.15) is 11.5 Å². The zero-order valence-corrected chi connectivity index (χ0v) is 22.3. The number of hydrogen-bond acceptors (Lipinski definition) is 7. The second kappa shape index (κ2) is 10.4. The lowest BCUT2D eigenvalue weighted by Crippen LogP contribution is -2.44. The first-order chi connectivity index (χ1) is 18.0. The fourth-order valence-electron chi connectivity index (χ4n) is 4.83. The van der Waals surface area contributed by atoms with E-state index in [1.54, 1.807) is 12.3 Å². The molecule has 2 aliphatic rings. The van der Waals surface area contributed by atoms with Crippen LogP contribution in [0.4, 0.5) is 27.4 Å². The van der Waals surface area contributed by atoms with Crippen LogP contribution in [-0.4, -0.2) is 65.0 Å². The van der Waals surface area contributed by atoms with Crippen molar-refractivity contribution in [3.8, 4) is 5.69 Å². The van der Waals surface area contributed by atoms with Crippen molar-refractivity contribution in [3.63, 3.8) is 0 Å². The van der Waals surface area contributed by atoms with Gasteiger partial charge in [-0.1, -0.05) is 17.7 Å². The van der Waals surface area contributed by atoms with Crippen LogP contribution in [0.2, 0.25) is 5.02 Å². The van der Waals surface area contributed by atoms with Gasteiger partial charge in [-0.05, 0) is 62.2 Å². The highest BCUT2D eigenvalue weighted by molar-refractivity contribution is 8.00. The van der Waals surface area contributed by atoms with Crippen LogP contribution in [0.5, 0.6) is 0 Å². The number of anilines is 4. The Labute approximate surface area is 225 Å². The quantitative estimate of drug-likeness (QED) is 0.315. The third-order valence-electron chi connectivity index (χ3n) is 6.95. The maximum absolute atomic E-state index is 15.1. The summed E-state index contributed by atoms with van der Waals surface area (Å²) in [4.78, 5) is 13.5. The van der Waals surface area contributed by atoms with E-state index in [0.717, 1.165) is 55.2 Å². The molecule has 37 heavy (non-hydrogen) atoms. The zero-order valence-electron chi connectivity index (χ0n) is 20.7. The molecule has 0 bridgehead atoms. The number of halogens is 2. The summed E-state index contributed by atoms with van der Waals surface area (Å²) in [5.41, 5.74) is 3.97. The maximum atomic E-state index is 15.1. The van der Waals surface area contributed by atoms with Crippen LogP contribution in [0.1, 0.15) is 12.8 Å². The molecule has 0 saturated carbocycles. The molecule has 4 aromatic rings. The van der Waals surface area contributed by atoms with Gasteiger partial charge >= 0.3 is 0 Å². The molecule has 0 unspecified atom stereocenters. The Kier molecular flexibility index (Phi) is 6.84. The van der Waals surface area contributed by atoms with E-state index in [9.17, 15) is 0 Å². The van der Waals surface area contributed by atoms with Crippen molar-refractivity contribution in [2.45, 2.75) is 12.8 Å². The summed E-state index contributed by atoms with van der Waals surface area (Å²) in [5.74, 6) is 1.20. The second-order valence-electron chi connectivity index (χ2n) is 9.52. The molecule has 0 aliphatic carbocycles. The Bertz CT molecular complexity index is 1410. The Hall–Kier alpha value is -3.01. The van der Waals surface area contributed by atoms with Crippen LogP contribution in [0.25, 0.3) is 16.7 Å². The molecular weight excluding hydrogens is 509 g/mol. The van der Waals surface area contributed by atoms with E-state index in [0.29, 0.717) is 22.3 Å². The minimum Gasteiger partial charge on any atom is -0.367 e. The standard InChI is InChI=1S/C27H29ClFN7S/c1-33-10-12-34(13-11-33)25-16-22(28)24(17-23(25)29)31-27-30-18-19-7-9-35(26(19)32-27)20-5-4-6-21(15-20)36-8-2-3-14-37-36/h4-7,9,15-18H,2-3,8,10-14H2,1H3,(H,30,31,32). The number of nitrogens with zero attached hydrogens (tertiary/aromatic N) is 6. The van der Waals surface area contributed by atoms with Crippen LogP contribution in [-0.2, 0) is 0 Å². The summed E-state index contributed by atoms with van der Waals surface area (Å²) < 4.78 is 19.5. The number of hydrogen-bond donors (Lipinski definition) is 1. The number of aromatic nitrogens is 3. The number of rotatable bonds is 5. The first-order valence-corrected chi connectivity index (χ1v) is 13.9. The number of likely N-dealkylation sites (N-methyl/N-ethyl adjacent to an activating group) is 1. The largest absolute Gasteiger partial charge is 0.367 e. The van der Waals surface area contributed by atoms with Crippen LogP contribution < -0.4 is 14.5 Å². The molecule has 2 aromatic heterocycles. The van der Waals surface area contributed by atoms with E-state index in [-0.39, 0.29) is 5.82 Å². The van der Waals surface area contributed by atoms with E-state index in [4.69, 9.17) is 16.6 Å². The number of nitrogens with one attached hydrogen (secondary N) is 1. The van der Waals surface area contributed by atoms with Gasteiger partial charge in [0.05, 0.1) is 16.4 Å². The smallest absolute Gasteiger partial charge is 0.229 e. The molecule has 4 heterocycles. The molecule has 0 spiro atoms. The molecule has 2 aliphatic heterocycles. The zero-order chi connectivity index (χ0) is 25.4. The van der Waals surface area contributed by atoms with Gasteiger partial charge in [0.2, 0.25) is 5.95 Å². The minimum absolute atomic E-state index is 0.312. The molecule has 6 rings (SSSR count). The van der Waals surface area contributed by atoms with Gasteiger partial charge < -0.3 is 24.0 Å². The highest BCUT2D eigenvalue weighted by Gasteiger charge is 2.20. The first kappa shape index (κ1) is 24.3. The lowest BCUT2D eigenvalue weighted by atomic mass is 10.2. The van der Waals surface area contributed by atoms with Crippen molar-refractivity contribution in [2.75, 3.05) is 60.0 Å². The molecule has 10 heteroatoms. The average molecular weight is 538 g/mol. The lowest BCUT2D eigenvalue weighted by Gasteiger charge is -2.34. The predicted molar refractivity (Wildman–Crippen MR) is 152 cm³/mol. The predicted octanol–water partition coefficient (Wildman–Crippen LogP) is 5.96. The van der Waals surface area contributed by atoms with Crippen LogP contribution in [0, 0.1) is 5.82 Å². The molecular formula is C27H29ClFN7S. The second-order valence-corrected chi connectivity index (χ2v) is 11.0. The van der Waals surface area contributed by atoms with E-state index in [1.807, 2.05) is 29.1 Å². The summed E-state index contributed by atoms with van der Waals surface area (Å²) in [7, 11) is 2.07. The highest BCUT2D eigenvalue weighted by atomic mass is 35.5. The summed E-state index contributed by atoms with van der Waals surface area (Å²) >= 11 is 8.46. The molecule has 2 saturated heterocycles. The summed E-state index contributed by atoms with van der Waals surface area (Å²) in [5, 5.41) is 4.48. The van der Waals surface area contributed by atoms with E-state index >= 15 is 4.39 Å². The minimum atomic E-state index is -0.312. The van der Waals surface area contributed by atoms with Gasteiger partial charge in [0.15, 0.2) is 0 Å². The van der Waals surface area contributed by atoms with Gasteiger partial charge in [-0.3, -0.25) is 0 Å². The summed E-state index contributed by atoms with van der Waals surface area (Å²) in [6.45, 7) is 4.38. The van der Waals surface area contributed by atoms with Gasteiger partial charge in [-0.2, -0.15) is 4.98 Å². The van der Waals surface area contributed by atoms with Crippen molar-refractivity contribution >= 4 is 57.6 Å². The van der Waals surface area contributed by atoms with Gasteiger partial charge in [0.25, 0.3) is 0 Å².